The summed E-state index contributed by atoms with van der Waals surface area (Å²) in [5, 5.41) is 7.65. The van der Waals surface area contributed by atoms with Crippen molar-refractivity contribution in [3.05, 3.63) is 109 Å². The first kappa shape index (κ1) is 24.7. The molecular formula is C25H17Cl2N5O4S. The molecule has 0 aliphatic heterocycles. The van der Waals surface area contributed by atoms with Crippen molar-refractivity contribution in [3.8, 4) is 11.3 Å². The monoisotopic (exact) mass is 553 g/mol. The summed E-state index contributed by atoms with van der Waals surface area (Å²) < 4.78 is 8.17. The molecule has 0 bridgehead atoms. The largest absolute Gasteiger partial charge is 0.459 e. The molecule has 0 atom stereocenters. The van der Waals surface area contributed by atoms with E-state index >= 15 is 0 Å². The zero-order chi connectivity index (χ0) is 25.9. The number of pyridine rings is 2. The topological polar surface area (TPSA) is 112 Å². The first-order valence-corrected chi connectivity index (χ1v) is 12.5. The summed E-state index contributed by atoms with van der Waals surface area (Å²) in [6.45, 7) is 0.0892. The van der Waals surface area contributed by atoms with Crippen LogP contribution in [0.2, 0.25) is 9.49 Å². The Kier molecular flexibility index (Phi) is 7.04. The molecule has 0 aromatic carbocycles. The third-order valence-corrected chi connectivity index (χ3v) is 6.95. The number of anilines is 1. The van der Waals surface area contributed by atoms with Crippen LogP contribution in [-0.2, 0) is 13.1 Å². The maximum atomic E-state index is 13.4. The number of rotatable bonds is 8. The molecule has 0 saturated heterocycles. The molecular weight excluding hydrogens is 537 g/mol. The van der Waals surface area contributed by atoms with Crippen molar-refractivity contribution in [1.29, 1.82) is 0 Å². The summed E-state index contributed by atoms with van der Waals surface area (Å²) in [4.78, 5) is 44.1. The number of carbonyl (C=O) groups is 2. The predicted molar refractivity (Wildman–Crippen MR) is 141 cm³/mol. The summed E-state index contributed by atoms with van der Waals surface area (Å²) >= 11 is 13.7. The second-order valence-corrected chi connectivity index (χ2v) is 9.98. The minimum absolute atomic E-state index is 0.0763. The van der Waals surface area contributed by atoms with Gasteiger partial charge in [0.25, 0.3) is 5.56 Å². The van der Waals surface area contributed by atoms with E-state index in [1.54, 1.807) is 36.5 Å². The summed E-state index contributed by atoms with van der Waals surface area (Å²) in [6, 6.07) is 14.6. The number of hydrogen-bond acceptors (Lipinski definition) is 8. The summed E-state index contributed by atoms with van der Waals surface area (Å²) in [7, 11) is 0. The number of nitrogens with zero attached hydrogens (tertiary/aromatic N) is 4. The Morgan fingerprint density at radius 3 is 2.65 bits per heavy atom. The molecule has 0 radical (unpaired) electrons. The number of aromatic nitrogens is 4. The zero-order valence-electron chi connectivity index (χ0n) is 18.9. The van der Waals surface area contributed by atoms with Gasteiger partial charge in [-0.1, -0.05) is 23.2 Å². The van der Waals surface area contributed by atoms with Crippen molar-refractivity contribution < 1.29 is 14.0 Å². The lowest BCUT2D eigenvalue weighted by Gasteiger charge is -2.09. The van der Waals surface area contributed by atoms with E-state index in [-0.39, 0.29) is 34.5 Å². The first-order valence-electron chi connectivity index (χ1n) is 10.9. The second-order valence-electron chi connectivity index (χ2n) is 7.79. The van der Waals surface area contributed by atoms with Crippen LogP contribution >= 0.6 is 34.5 Å². The van der Waals surface area contributed by atoms with E-state index in [4.69, 9.17) is 27.6 Å². The number of carbonyl (C=O) groups excluding carboxylic acids is 2. The van der Waals surface area contributed by atoms with Gasteiger partial charge in [-0.15, -0.1) is 11.3 Å². The standard InChI is InChI=1S/C25H17Cl2N5O4S/c26-21-7-6-17(24(34)31(21)14-19(33)15-3-1-9-28-12-15)18-11-23(29-13-16-5-8-22(27)37-16)32(30-18)25(35)20-4-2-10-36-20/h1-12,29H,13-14H2. The predicted octanol–water partition coefficient (Wildman–Crippen LogP) is 5.25. The fraction of sp³-hybridized carbons (Fsp3) is 0.0800. The van der Waals surface area contributed by atoms with Crippen LogP contribution in [-0.4, -0.2) is 31.0 Å². The fourth-order valence-corrected chi connectivity index (χ4v) is 4.81. The third-order valence-electron chi connectivity index (χ3n) is 5.39. The van der Waals surface area contributed by atoms with Gasteiger partial charge in [0.1, 0.15) is 16.7 Å². The molecule has 37 heavy (non-hydrogen) atoms. The van der Waals surface area contributed by atoms with Crippen LogP contribution in [0.3, 0.4) is 0 Å². The SMILES string of the molecule is O=C(Cn1c(Cl)ccc(-c2cc(NCc3ccc(Cl)s3)n(C(=O)c3ccco3)n2)c1=O)c1cccnc1. The third kappa shape index (κ3) is 5.26. The molecule has 1 N–H and O–H groups in total. The molecule has 0 unspecified atom stereocenters. The Morgan fingerprint density at radius 1 is 1.08 bits per heavy atom. The lowest BCUT2D eigenvalue weighted by atomic mass is 10.1. The van der Waals surface area contributed by atoms with Gasteiger partial charge < -0.3 is 9.73 Å². The zero-order valence-corrected chi connectivity index (χ0v) is 21.3. The molecule has 5 aromatic rings. The number of Topliss-reactive ketones (excluding diaryl/α,β-unsaturated/α-hetero) is 1. The fourth-order valence-electron chi connectivity index (χ4n) is 3.58. The van der Waals surface area contributed by atoms with E-state index in [1.165, 1.54) is 42.0 Å². The average molecular weight is 554 g/mol. The van der Waals surface area contributed by atoms with E-state index in [0.717, 1.165) is 14.1 Å². The second kappa shape index (κ2) is 10.6. The number of ketones is 1. The van der Waals surface area contributed by atoms with Gasteiger partial charge >= 0.3 is 5.91 Å². The highest BCUT2D eigenvalue weighted by molar-refractivity contribution is 7.16. The normalized spacial score (nSPS) is 11.0. The lowest BCUT2D eigenvalue weighted by molar-refractivity contribution is 0.0919. The minimum atomic E-state index is -0.531. The van der Waals surface area contributed by atoms with E-state index < -0.39 is 11.5 Å². The van der Waals surface area contributed by atoms with Crippen molar-refractivity contribution in [2.45, 2.75) is 13.1 Å². The maximum absolute atomic E-state index is 13.4. The lowest BCUT2D eigenvalue weighted by Crippen LogP contribution is -2.26. The van der Waals surface area contributed by atoms with E-state index in [2.05, 4.69) is 15.4 Å². The van der Waals surface area contributed by atoms with Gasteiger partial charge in [-0.25, -0.2) is 0 Å². The van der Waals surface area contributed by atoms with Crippen molar-refractivity contribution in [1.82, 2.24) is 19.3 Å². The van der Waals surface area contributed by atoms with Crippen molar-refractivity contribution in [3.63, 3.8) is 0 Å². The van der Waals surface area contributed by atoms with Crippen LogP contribution in [0.15, 0.2) is 82.5 Å². The Bertz CT molecular complexity index is 1640. The molecule has 186 valence electrons. The molecule has 9 nitrogen and oxygen atoms in total. The van der Waals surface area contributed by atoms with Gasteiger partial charge in [-0.2, -0.15) is 9.78 Å². The molecule has 0 saturated carbocycles. The van der Waals surface area contributed by atoms with Crippen LogP contribution in [0.5, 0.6) is 0 Å². The van der Waals surface area contributed by atoms with Gasteiger partial charge in [0.2, 0.25) is 0 Å². The van der Waals surface area contributed by atoms with Crippen molar-refractivity contribution in [2.75, 3.05) is 5.32 Å². The average Bonchev–Trinajstić information content (AvgIpc) is 3.67. The van der Waals surface area contributed by atoms with Gasteiger partial charge in [-0.3, -0.25) is 23.9 Å². The Balaban J connectivity index is 1.51. The number of nitrogens with one attached hydrogen (secondary N) is 1. The molecule has 0 spiro atoms. The molecule has 5 heterocycles. The molecule has 0 amide bonds. The number of furan rings is 1. The summed E-state index contributed by atoms with van der Waals surface area (Å²) in [5.41, 5.74) is 0.202. The molecule has 12 heteroatoms. The molecule has 5 aromatic heterocycles. The highest BCUT2D eigenvalue weighted by atomic mass is 35.5. The maximum Gasteiger partial charge on any atom is 0.315 e. The van der Waals surface area contributed by atoms with Crippen molar-refractivity contribution >= 4 is 52.0 Å². The number of thiophene rings is 1. The highest BCUT2D eigenvalue weighted by Crippen LogP contribution is 2.25. The first-order chi connectivity index (χ1) is 17.9. The molecule has 0 fully saturated rings. The van der Waals surface area contributed by atoms with E-state index in [9.17, 15) is 14.4 Å². The van der Waals surface area contributed by atoms with Crippen molar-refractivity contribution in [2.24, 2.45) is 0 Å². The van der Waals surface area contributed by atoms with Crippen LogP contribution in [0, 0.1) is 0 Å². The van der Waals surface area contributed by atoms with Gasteiger partial charge in [-0.05, 0) is 48.5 Å². The Labute approximate surface area is 223 Å². The van der Waals surface area contributed by atoms with Gasteiger partial charge in [0, 0.05) is 28.9 Å². The van der Waals surface area contributed by atoms with E-state index in [1.807, 2.05) is 6.07 Å². The Hall–Kier alpha value is -3.99. The molecule has 0 aliphatic rings. The summed E-state index contributed by atoms with van der Waals surface area (Å²) in [6.07, 6.45) is 4.36. The highest BCUT2D eigenvalue weighted by Gasteiger charge is 2.22. The number of halogens is 2. The van der Waals surface area contributed by atoms with E-state index in [0.29, 0.717) is 22.3 Å². The number of hydrogen-bond donors (Lipinski definition) is 1. The summed E-state index contributed by atoms with van der Waals surface area (Å²) in [5.74, 6) is -0.436. The molecule has 0 aliphatic carbocycles. The Morgan fingerprint density at radius 2 is 1.95 bits per heavy atom. The van der Waals surface area contributed by atoms with Gasteiger partial charge in [0.05, 0.1) is 29.3 Å². The minimum Gasteiger partial charge on any atom is -0.459 e. The molecule has 5 rings (SSSR count). The smallest absolute Gasteiger partial charge is 0.315 e. The van der Waals surface area contributed by atoms with Crippen LogP contribution in [0.4, 0.5) is 5.82 Å². The van der Waals surface area contributed by atoms with Crippen LogP contribution in [0.1, 0.15) is 25.8 Å². The van der Waals surface area contributed by atoms with Crippen LogP contribution in [0.25, 0.3) is 11.3 Å². The van der Waals surface area contributed by atoms with Gasteiger partial charge in [0.15, 0.2) is 11.5 Å². The quantitative estimate of drug-likeness (QED) is 0.206. The van der Waals surface area contributed by atoms with Crippen LogP contribution < -0.4 is 10.9 Å².